The molecule has 0 aromatic heterocycles. The fourth-order valence-electron chi connectivity index (χ4n) is 1.63. The van der Waals surface area contributed by atoms with Gasteiger partial charge in [-0.3, -0.25) is 4.79 Å². The summed E-state index contributed by atoms with van der Waals surface area (Å²) in [5.41, 5.74) is 6.60. The van der Waals surface area contributed by atoms with E-state index in [9.17, 15) is 13.6 Å². The molecule has 2 aromatic rings. The number of hydrogen-bond donors (Lipinski definition) is 2. The van der Waals surface area contributed by atoms with Crippen molar-refractivity contribution in [1.29, 1.82) is 0 Å². The number of nitrogens with one attached hydrogen (secondary N) is 1. The summed E-state index contributed by atoms with van der Waals surface area (Å²) in [6.45, 7) is 0.309. The molecule has 0 fully saturated rings. The maximum atomic E-state index is 13.5. The molecule has 0 saturated heterocycles. The summed E-state index contributed by atoms with van der Waals surface area (Å²) in [6, 6.07) is 10.2. The molecule has 0 saturated carbocycles. The number of carbonyl (C=O) groups excluding carboxylic acids is 1. The zero-order valence-electron chi connectivity index (χ0n) is 11.1. The van der Waals surface area contributed by atoms with Crippen LogP contribution in [0.5, 0.6) is 0 Å². The number of nitrogens with two attached hydrogens (primary N) is 1. The molecule has 3 nitrogen and oxygen atoms in total. The minimum atomic E-state index is -0.439. The Kier molecular flexibility index (Phi) is 5.16. The predicted molar refractivity (Wildman–Crippen MR) is 79.8 cm³/mol. The predicted octanol–water partition coefficient (Wildman–Crippen LogP) is 2.96. The Morgan fingerprint density at radius 2 is 1.86 bits per heavy atom. The van der Waals surface area contributed by atoms with Crippen LogP contribution in [0.15, 0.2) is 47.4 Å². The first-order chi connectivity index (χ1) is 10.0. The van der Waals surface area contributed by atoms with Crippen molar-refractivity contribution in [3.8, 4) is 0 Å². The Labute approximate surface area is 125 Å². The van der Waals surface area contributed by atoms with Crippen LogP contribution >= 0.6 is 11.8 Å². The third-order valence-electron chi connectivity index (χ3n) is 2.72. The second-order valence-corrected chi connectivity index (χ2v) is 5.40. The summed E-state index contributed by atoms with van der Waals surface area (Å²) < 4.78 is 26.2. The molecule has 110 valence electrons. The summed E-state index contributed by atoms with van der Waals surface area (Å²) in [7, 11) is 0. The van der Waals surface area contributed by atoms with Crippen molar-refractivity contribution in [3.63, 3.8) is 0 Å². The number of thioether (sulfide) groups is 1. The van der Waals surface area contributed by atoms with Crippen LogP contribution in [0.4, 0.5) is 14.5 Å². The number of carbonyl (C=O) groups is 1. The SMILES string of the molecule is Nc1ccc(SCC(=O)NCc2ccc(F)cc2)c(F)c1. The van der Waals surface area contributed by atoms with Gasteiger partial charge in [0.25, 0.3) is 0 Å². The summed E-state index contributed by atoms with van der Waals surface area (Å²) in [5.74, 6) is -0.881. The van der Waals surface area contributed by atoms with Crippen molar-refractivity contribution < 1.29 is 13.6 Å². The highest BCUT2D eigenvalue weighted by Gasteiger charge is 2.07. The van der Waals surface area contributed by atoms with E-state index in [4.69, 9.17) is 5.73 Å². The van der Waals surface area contributed by atoms with Crippen molar-refractivity contribution in [2.24, 2.45) is 0 Å². The van der Waals surface area contributed by atoms with Crippen LogP contribution in [0.25, 0.3) is 0 Å². The van der Waals surface area contributed by atoms with E-state index in [1.165, 1.54) is 18.2 Å². The Hall–Kier alpha value is -2.08. The minimum Gasteiger partial charge on any atom is -0.399 e. The third kappa shape index (κ3) is 4.75. The first kappa shape index (κ1) is 15.3. The molecule has 0 aliphatic heterocycles. The van der Waals surface area contributed by atoms with Crippen molar-refractivity contribution >= 4 is 23.4 Å². The number of hydrogen-bond acceptors (Lipinski definition) is 3. The maximum Gasteiger partial charge on any atom is 0.230 e. The number of halogens is 2. The number of nitrogen functional groups attached to an aromatic ring is 1. The van der Waals surface area contributed by atoms with Gasteiger partial charge in [-0.2, -0.15) is 0 Å². The highest BCUT2D eigenvalue weighted by atomic mass is 32.2. The molecule has 0 aliphatic carbocycles. The molecule has 2 aromatic carbocycles. The lowest BCUT2D eigenvalue weighted by molar-refractivity contribution is -0.118. The van der Waals surface area contributed by atoms with Gasteiger partial charge in [0.15, 0.2) is 0 Å². The van der Waals surface area contributed by atoms with Gasteiger partial charge in [-0.05, 0) is 35.9 Å². The fourth-order valence-corrected chi connectivity index (χ4v) is 2.38. The summed E-state index contributed by atoms with van der Waals surface area (Å²) in [6.07, 6.45) is 0. The zero-order valence-corrected chi connectivity index (χ0v) is 11.9. The molecule has 6 heteroatoms. The average Bonchev–Trinajstić information content (AvgIpc) is 2.46. The Morgan fingerprint density at radius 1 is 1.14 bits per heavy atom. The number of anilines is 1. The number of amides is 1. The van der Waals surface area contributed by atoms with Crippen LogP contribution in [0.2, 0.25) is 0 Å². The molecular formula is C15H14F2N2OS. The smallest absolute Gasteiger partial charge is 0.230 e. The van der Waals surface area contributed by atoms with Crippen molar-refractivity contribution in [3.05, 3.63) is 59.7 Å². The van der Waals surface area contributed by atoms with Gasteiger partial charge in [0.05, 0.1) is 5.75 Å². The first-order valence-corrected chi connectivity index (χ1v) is 7.22. The lowest BCUT2D eigenvalue weighted by atomic mass is 10.2. The topological polar surface area (TPSA) is 55.1 Å². The molecule has 0 atom stereocenters. The Morgan fingerprint density at radius 3 is 2.52 bits per heavy atom. The molecule has 2 rings (SSSR count). The molecule has 0 heterocycles. The Balaban J connectivity index is 1.80. The van der Waals surface area contributed by atoms with Gasteiger partial charge >= 0.3 is 0 Å². The van der Waals surface area contributed by atoms with E-state index in [-0.39, 0.29) is 17.5 Å². The van der Waals surface area contributed by atoms with Crippen molar-refractivity contribution in [2.45, 2.75) is 11.4 Å². The van der Waals surface area contributed by atoms with Gasteiger partial charge in [0.1, 0.15) is 11.6 Å². The van der Waals surface area contributed by atoms with Crippen LogP contribution in [-0.2, 0) is 11.3 Å². The van der Waals surface area contributed by atoms with E-state index in [2.05, 4.69) is 5.32 Å². The lowest BCUT2D eigenvalue weighted by Gasteiger charge is -2.06. The standard InChI is InChI=1S/C15H14F2N2OS/c16-11-3-1-10(2-4-11)8-19-15(20)9-21-14-6-5-12(18)7-13(14)17/h1-7H,8-9,18H2,(H,19,20). The molecule has 3 N–H and O–H groups in total. The number of rotatable bonds is 5. The average molecular weight is 308 g/mol. The van der Waals surface area contributed by atoms with Crippen LogP contribution in [0, 0.1) is 11.6 Å². The second-order valence-electron chi connectivity index (χ2n) is 4.38. The molecule has 0 aliphatic rings. The first-order valence-electron chi connectivity index (χ1n) is 6.23. The molecule has 1 amide bonds. The highest BCUT2D eigenvalue weighted by molar-refractivity contribution is 8.00. The molecule has 0 spiro atoms. The van der Waals surface area contributed by atoms with Gasteiger partial charge in [0, 0.05) is 17.1 Å². The van der Waals surface area contributed by atoms with Gasteiger partial charge in [-0.25, -0.2) is 8.78 Å². The summed E-state index contributed by atoms with van der Waals surface area (Å²) >= 11 is 1.10. The van der Waals surface area contributed by atoms with Crippen LogP contribution in [-0.4, -0.2) is 11.7 Å². The van der Waals surface area contributed by atoms with Crippen LogP contribution in [0.1, 0.15) is 5.56 Å². The molecule has 21 heavy (non-hydrogen) atoms. The van der Waals surface area contributed by atoms with Crippen LogP contribution in [0.3, 0.4) is 0 Å². The maximum absolute atomic E-state index is 13.5. The highest BCUT2D eigenvalue weighted by Crippen LogP contribution is 2.23. The van der Waals surface area contributed by atoms with E-state index < -0.39 is 5.82 Å². The van der Waals surface area contributed by atoms with Crippen molar-refractivity contribution in [1.82, 2.24) is 5.32 Å². The normalized spacial score (nSPS) is 10.4. The van der Waals surface area contributed by atoms with E-state index in [0.717, 1.165) is 17.3 Å². The van der Waals surface area contributed by atoms with Gasteiger partial charge < -0.3 is 11.1 Å². The lowest BCUT2D eigenvalue weighted by Crippen LogP contribution is -2.24. The van der Waals surface area contributed by atoms with Gasteiger partial charge in [0.2, 0.25) is 5.91 Å². The molecule has 0 radical (unpaired) electrons. The molecule has 0 bridgehead atoms. The summed E-state index contributed by atoms with van der Waals surface area (Å²) in [5, 5.41) is 2.69. The largest absolute Gasteiger partial charge is 0.399 e. The third-order valence-corrected chi connectivity index (χ3v) is 3.77. The molecular weight excluding hydrogens is 294 g/mol. The summed E-state index contributed by atoms with van der Waals surface area (Å²) in [4.78, 5) is 12.1. The quantitative estimate of drug-likeness (QED) is 0.659. The monoisotopic (exact) mass is 308 g/mol. The fraction of sp³-hybridized carbons (Fsp3) is 0.133. The van der Waals surface area contributed by atoms with Gasteiger partial charge in [-0.1, -0.05) is 12.1 Å². The zero-order chi connectivity index (χ0) is 15.2. The Bertz CT molecular complexity index is 632. The molecule has 0 unspecified atom stereocenters. The van der Waals surface area contributed by atoms with E-state index in [1.807, 2.05) is 0 Å². The van der Waals surface area contributed by atoms with E-state index in [1.54, 1.807) is 24.3 Å². The minimum absolute atomic E-state index is 0.0992. The van der Waals surface area contributed by atoms with Gasteiger partial charge in [-0.15, -0.1) is 11.8 Å². The van der Waals surface area contributed by atoms with Crippen molar-refractivity contribution in [2.75, 3.05) is 11.5 Å². The number of benzene rings is 2. The second kappa shape index (κ2) is 7.08. The van der Waals surface area contributed by atoms with E-state index >= 15 is 0 Å². The van der Waals surface area contributed by atoms with Crippen LogP contribution < -0.4 is 11.1 Å². The van der Waals surface area contributed by atoms with E-state index in [0.29, 0.717) is 17.1 Å².